The van der Waals surface area contributed by atoms with Crippen molar-refractivity contribution in [2.75, 3.05) is 16.0 Å². The molecular weight excluding hydrogens is 364 g/mol. The number of rotatable bonds is 4. The molecule has 1 aromatic carbocycles. The highest BCUT2D eigenvalue weighted by atomic mass is 32.2. The number of thiophene rings is 1. The molecule has 2 unspecified atom stereocenters. The Labute approximate surface area is 162 Å². The molecule has 0 bridgehead atoms. The zero-order chi connectivity index (χ0) is 18.1. The molecule has 2 aliphatic rings. The van der Waals surface area contributed by atoms with E-state index in [1.165, 1.54) is 23.3 Å². The van der Waals surface area contributed by atoms with Gasteiger partial charge in [-0.2, -0.15) is 0 Å². The first-order chi connectivity index (χ1) is 12.6. The van der Waals surface area contributed by atoms with Crippen molar-refractivity contribution >= 4 is 39.7 Å². The number of aliphatic hydroxyl groups excluding tert-OH is 1. The van der Waals surface area contributed by atoms with Crippen LogP contribution in [0.5, 0.6) is 0 Å². The van der Waals surface area contributed by atoms with Gasteiger partial charge in [0.25, 0.3) is 5.91 Å². The predicted octanol–water partition coefficient (Wildman–Crippen LogP) is 4.49. The number of aliphatic hydroxyl groups is 1. The third kappa shape index (κ3) is 3.38. The van der Waals surface area contributed by atoms with Gasteiger partial charge in [0.1, 0.15) is 5.00 Å². The van der Waals surface area contributed by atoms with E-state index in [0.717, 1.165) is 35.5 Å². The Bertz CT molecular complexity index is 789. The summed E-state index contributed by atoms with van der Waals surface area (Å²) in [7, 11) is 0. The summed E-state index contributed by atoms with van der Waals surface area (Å²) in [6.45, 7) is 1.78. The van der Waals surface area contributed by atoms with Crippen molar-refractivity contribution < 1.29 is 9.90 Å². The summed E-state index contributed by atoms with van der Waals surface area (Å²) in [5.74, 6) is 0.668. The SMILES string of the molecule is CC(O)CSC1Nc2sc3c(c2C(=O)N1c1ccccc1)CCCCC3. The average Bonchev–Trinajstić information content (AvgIpc) is 2.82. The first-order valence-electron chi connectivity index (χ1n) is 9.24. The van der Waals surface area contributed by atoms with Gasteiger partial charge in [-0.1, -0.05) is 24.6 Å². The molecule has 0 saturated carbocycles. The summed E-state index contributed by atoms with van der Waals surface area (Å²) in [5.41, 5.74) is 2.84. The van der Waals surface area contributed by atoms with Gasteiger partial charge in [0, 0.05) is 16.3 Å². The maximum absolute atomic E-state index is 13.5. The second kappa shape index (κ2) is 7.62. The van der Waals surface area contributed by atoms with Crippen LogP contribution in [0, 0.1) is 0 Å². The Hall–Kier alpha value is -1.50. The molecule has 1 aliphatic heterocycles. The molecule has 1 aliphatic carbocycles. The quantitative estimate of drug-likeness (QED) is 0.758. The fourth-order valence-electron chi connectivity index (χ4n) is 3.66. The molecule has 2 aromatic rings. The summed E-state index contributed by atoms with van der Waals surface area (Å²) in [6.07, 6.45) is 5.29. The number of nitrogens with zero attached hydrogens (tertiary/aromatic N) is 1. The van der Waals surface area contributed by atoms with Crippen LogP contribution in [0.2, 0.25) is 0 Å². The van der Waals surface area contributed by atoms with Crippen molar-refractivity contribution in [1.29, 1.82) is 0 Å². The highest BCUT2D eigenvalue weighted by Gasteiger charge is 2.37. The van der Waals surface area contributed by atoms with Gasteiger partial charge < -0.3 is 10.4 Å². The fourth-order valence-corrected chi connectivity index (χ4v) is 6.07. The molecule has 1 amide bonds. The van der Waals surface area contributed by atoms with Crippen LogP contribution in [0.3, 0.4) is 0 Å². The van der Waals surface area contributed by atoms with Crippen molar-refractivity contribution in [2.24, 2.45) is 0 Å². The van der Waals surface area contributed by atoms with E-state index >= 15 is 0 Å². The molecule has 2 N–H and O–H groups in total. The van der Waals surface area contributed by atoms with Gasteiger partial charge in [0.05, 0.1) is 11.7 Å². The lowest BCUT2D eigenvalue weighted by Crippen LogP contribution is -2.47. The number of aryl methyl sites for hydroxylation is 1. The molecule has 0 radical (unpaired) electrons. The van der Waals surface area contributed by atoms with Crippen molar-refractivity contribution in [2.45, 2.75) is 50.6 Å². The van der Waals surface area contributed by atoms with Crippen molar-refractivity contribution in [1.82, 2.24) is 0 Å². The number of amides is 1. The summed E-state index contributed by atoms with van der Waals surface area (Å²) < 4.78 is 0. The van der Waals surface area contributed by atoms with Crippen molar-refractivity contribution in [3.05, 3.63) is 46.3 Å². The summed E-state index contributed by atoms with van der Waals surface area (Å²) in [5, 5.41) is 14.3. The lowest BCUT2D eigenvalue weighted by Gasteiger charge is -2.36. The Balaban J connectivity index is 1.74. The molecule has 26 heavy (non-hydrogen) atoms. The molecule has 1 aromatic heterocycles. The Morgan fingerprint density at radius 2 is 2.04 bits per heavy atom. The lowest BCUT2D eigenvalue weighted by molar-refractivity contribution is 0.0982. The maximum atomic E-state index is 13.5. The number of anilines is 2. The van der Waals surface area contributed by atoms with E-state index in [1.807, 2.05) is 35.2 Å². The number of fused-ring (bicyclic) bond motifs is 3. The number of benzene rings is 1. The predicted molar refractivity (Wildman–Crippen MR) is 110 cm³/mol. The molecule has 0 saturated heterocycles. The lowest BCUT2D eigenvalue weighted by atomic mass is 10.0. The summed E-state index contributed by atoms with van der Waals surface area (Å²) >= 11 is 3.33. The van der Waals surface area contributed by atoms with E-state index in [2.05, 4.69) is 5.32 Å². The Morgan fingerprint density at radius 3 is 2.81 bits per heavy atom. The molecule has 6 heteroatoms. The van der Waals surface area contributed by atoms with Crippen LogP contribution in [0.1, 0.15) is 47.0 Å². The zero-order valence-electron chi connectivity index (χ0n) is 14.9. The minimum atomic E-state index is -0.407. The van der Waals surface area contributed by atoms with E-state index in [0.29, 0.717) is 5.75 Å². The standard InChI is InChI=1S/C20H24N2O2S2/c1-13(23)12-25-20-21-18-17(15-10-6-3-7-11-16(15)26-18)19(24)22(20)14-8-4-2-5-9-14/h2,4-5,8-9,13,20-21,23H,3,6-7,10-12H2,1H3. The van der Waals surface area contributed by atoms with Gasteiger partial charge in [-0.3, -0.25) is 9.69 Å². The van der Waals surface area contributed by atoms with Gasteiger partial charge >= 0.3 is 0 Å². The van der Waals surface area contributed by atoms with E-state index in [-0.39, 0.29) is 11.4 Å². The van der Waals surface area contributed by atoms with Crippen molar-refractivity contribution in [3.8, 4) is 0 Å². The second-order valence-corrected chi connectivity index (χ2v) is 9.18. The third-order valence-electron chi connectivity index (χ3n) is 4.87. The van der Waals surface area contributed by atoms with Gasteiger partial charge in [0.2, 0.25) is 0 Å². The maximum Gasteiger partial charge on any atom is 0.263 e. The van der Waals surface area contributed by atoms with Gasteiger partial charge in [-0.15, -0.1) is 23.1 Å². The first-order valence-corrected chi connectivity index (χ1v) is 11.1. The molecule has 2 heterocycles. The van der Waals surface area contributed by atoms with Gasteiger partial charge in [-0.05, 0) is 50.3 Å². The Morgan fingerprint density at radius 1 is 1.27 bits per heavy atom. The number of para-hydroxylation sites is 1. The molecule has 4 rings (SSSR count). The van der Waals surface area contributed by atoms with E-state index in [1.54, 1.807) is 30.0 Å². The van der Waals surface area contributed by atoms with E-state index in [9.17, 15) is 9.90 Å². The van der Waals surface area contributed by atoms with Crippen LogP contribution >= 0.6 is 23.1 Å². The average molecular weight is 389 g/mol. The second-order valence-electron chi connectivity index (χ2n) is 6.96. The summed E-state index contributed by atoms with van der Waals surface area (Å²) in [4.78, 5) is 16.8. The molecule has 0 spiro atoms. The zero-order valence-corrected chi connectivity index (χ0v) is 16.5. The first kappa shape index (κ1) is 17.9. The number of carbonyl (C=O) groups is 1. The number of carbonyl (C=O) groups excluding carboxylic acids is 1. The molecular formula is C20H24N2O2S2. The van der Waals surface area contributed by atoms with Crippen LogP contribution in [0.4, 0.5) is 10.7 Å². The highest BCUT2D eigenvalue weighted by Crippen LogP contribution is 2.43. The fraction of sp³-hybridized carbons (Fsp3) is 0.450. The van der Waals surface area contributed by atoms with Gasteiger partial charge in [-0.25, -0.2) is 0 Å². The minimum absolute atomic E-state index is 0.0902. The number of hydrogen-bond donors (Lipinski definition) is 2. The smallest absolute Gasteiger partial charge is 0.263 e. The van der Waals surface area contributed by atoms with Crippen LogP contribution in [0.15, 0.2) is 30.3 Å². The molecule has 138 valence electrons. The monoisotopic (exact) mass is 388 g/mol. The molecule has 4 nitrogen and oxygen atoms in total. The number of thioether (sulfide) groups is 1. The molecule has 0 fully saturated rings. The topological polar surface area (TPSA) is 52.6 Å². The van der Waals surface area contributed by atoms with E-state index < -0.39 is 6.10 Å². The number of hydrogen-bond acceptors (Lipinski definition) is 5. The van der Waals surface area contributed by atoms with Crippen LogP contribution < -0.4 is 10.2 Å². The van der Waals surface area contributed by atoms with Crippen molar-refractivity contribution in [3.63, 3.8) is 0 Å². The van der Waals surface area contributed by atoms with Crippen LogP contribution in [-0.4, -0.2) is 28.4 Å². The third-order valence-corrected chi connectivity index (χ3v) is 7.41. The van der Waals surface area contributed by atoms with Crippen LogP contribution in [-0.2, 0) is 12.8 Å². The molecule has 2 atom stereocenters. The summed E-state index contributed by atoms with van der Waals surface area (Å²) in [6, 6.07) is 9.84. The minimum Gasteiger partial charge on any atom is -0.393 e. The largest absolute Gasteiger partial charge is 0.393 e. The van der Waals surface area contributed by atoms with Gasteiger partial charge in [0.15, 0.2) is 5.50 Å². The highest BCUT2D eigenvalue weighted by molar-refractivity contribution is 8.00. The van der Waals surface area contributed by atoms with Crippen LogP contribution in [0.25, 0.3) is 0 Å². The van der Waals surface area contributed by atoms with E-state index in [4.69, 9.17) is 0 Å². The Kier molecular flexibility index (Phi) is 5.25. The number of nitrogens with one attached hydrogen (secondary N) is 1. The normalized spacial score (nSPS) is 20.8.